The molecule has 2 rings (SSSR count). The minimum absolute atomic E-state index is 0.0809. The van der Waals surface area contributed by atoms with E-state index in [0.29, 0.717) is 5.56 Å². The number of hydrogen-bond donors (Lipinski definition) is 2. The lowest BCUT2D eigenvalue weighted by atomic mass is 9.89. The van der Waals surface area contributed by atoms with Crippen LogP contribution >= 0.6 is 0 Å². The molecule has 22 heavy (non-hydrogen) atoms. The Labute approximate surface area is 129 Å². The molecule has 0 radical (unpaired) electrons. The summed E-state index contributed by atoms with van der Waals surface area (Å²) in [6.45, 7) is 5.66. The average Bonchev–Trinajstić information content (AvgIpc) is 2.82. The maximum atomic E-state index is 12.1. The van der Waals surface area contributed by atoms with Crippen LogP contribution in [0.25, 0.3) is 0 Å². The first-order valence-corrected chi connectivity index (χ1v) is 7.17. The van der Waals surface area contributed by atoms with Gasteiger partial charge in [-0.15, -0.1) is 0 Å². The molecule has 6 nitrogen and oxygen atoms in total. The smallest absolute Gasteiger partial charge is 0.410 e. The third-order valence-corrected chi connectivity index (χ3v) is 3.59. The van der Waals surface area contributed by atoms with Crippen LogP contribution in [0.1, 0.15) is 32.3 Å². The van der Waals surface area contributed by atoms with Crippen molar-refractivity contribution in [2.24, 2.45) is 5.92 Å². The molecule has 120 valence electrons. The minimum Gasteiger partial charge on any atom is -0.508 e. The second-order valence-corrected chi connectivity index (χ2v) is 6.53. The summed E-state index contributed by atoms with van der Waals surface area (Å²) in [5.41, 5.74) is 0.0808. The molecule has 0 spiro atoms. The zero-order valence-corrected chi connectivity index (χ0v) is 12.9. The number of hydrogen-bond acceptors (Lipinski definition) is 4. The van der Waals surface area contributed by atoms with Crippen LogP contribution in [0.5, 0.6) is 5.75 Å². The van der Waals surface area contributed by atoms with Gasteiger partial charge in [0.1, 0.15) is 11.4 Å². The number of ether oxygens (including phenoxy) is 1. The molecule has 0 saturated carbocycles. The van der Waals surface area contributed by atoms with Gasteiger partial charge in [-0.05, 0) is 38.5 Å². The highest BCUT2D eigenvalue weighted by atomic mass is 16.6. The zero-order chi connectivity index (χ0) is 16.5. The molecule has 1 amide bonds. The lowest BCUT2D eigenvalue weighted by Gasteiger charge is -2.24. The van der Waals surface area contributed by atoms with Gasteiger partial charge in [-0.1, -0.05) is 12.1 Å². The van der Waals surface area contributed by atoms with Gasteiger partial charge in [-0.2, -0.15) is 0 Å². The average molecular weight is 307 g/mol. The standard InChI is InChI=1S/C16H21NO5/c1-16(2,3)22-15(21)17-8-12(13(9-17)14(19)20)10-5-4-6-11(18)7-10/h4-7,12-13,18H,8-9H2,1-3H3,(H,19,20)/t12-,13+/m0/s1. The number of carboxylic acids is 1. The van der Waals surface area contributed by atoms with Crippen molar-refractivity contribution in [3.63, 3.8) is 0 Å². The van der Waals surface area contributed by atoms with E-state index in [0.717, 1.165) is 0 Å². The number of nitrogens with zero attached hydrogens (tertiary/aromatic N) is 1. The summed E-state index contributed by atoms with van der Waals surface area (Å²) >= 11 is 0. The Morgan fingerprint density at radius 2 is 1.95 bits per heavy atom. The first-order valence-electron chi connectivity index (χ1n) is 7.17. The van der Waals surface area contributed by atoms with Crippen molar-refractivity contribution in [3.8, 4) is 5.75 Å². The van der Waals surface area contributed by atoms with Crippen molar-refractivity contribution >= 4 is 12.1 Å². The van der Waals surface area contributed by atoms with Crippen LogP contribution in [0.2, 0.25) is 0 Å². The summed E-state index contributed by atoms with van der Waals surface area (Å²) in [7, 11) is 0. The fourth-order valence-corrected chi connectivity index (χ4v) is 2.62. The fourth-order valence-electron chi connectivity index (χ4n) is 2.62. The molecule has 1 aromatic carbocycles. The molecule has 1 fully saturated rings. The van der Waals surface area contributed by atoms with E-state index in [4.69, 9.17) is 4.74 Å². The van der Waals surface area contributed by atoms with E-state index in [9.17, 15) is 19.8 Å². The number of carboxylic acid groups (broad SMARTS) is 1. The molecule has 1 aliphatic heterocycles. The number of carbonyl (C=O) groups excluding carboxylic acids is 1. The second-order valence-electron chi connectivity index (χ2n) is 6.53. The predicted octanol–water partition coefficient (Wildman–Crippen LogP) is 2.43. The molecule has 0 aromatic heterocycles. The minimum atomic E-state index is -0.959. The van der Waals surface area contributed by atoms with Crippen LogP contribution in [0.4, 0.5) is 4.79 Å². The van der Waals surface area contributed by atoms with Gasteiger partial charge in [-0.3, -0.25) is 4.79 Å². The third-order valence-electron chi connectivity index (χ3n) is 3.59. The fraction of sp³-hybridized carbons (Fsp3) is 0.500. The van der Waals surface area contributed by atoms with Crippen molar-refractivity contribution < 1.29 is 24.5 Å². The quantitative estimate of drug-likeness (QED) is 0.876. The number of aliphatic carboxylic acids is 1. The first-order chi connectivity index (χ1) is 10.2. The van der Waals surface area contributed by atoms with E-state index in [2.05, 4.69) is 0 Å². The number of benzene rings is 1. The molecular formula is C16H21NO5. The van der Waals surface area contributed by atoms with Crippen molar-refractivity contribution in [2.45, 2.75) is 32.3 Å². The van der Waals surface area contributed by atoms with Crippen LogP contribution in [-0.2, 0) is 9.53 Å². The van der Waals surface area contributed by atoms with Crippen LogP contribution in [0.3, 0.4) is 0 Å². The van der Waals surface area contributed by atoms with E-state index in [1.165, 1.54) is 11.0 Å². The number of carbonyl (C=O) groups is 2. The van der Waals surface area contributed by atoms with Gasteiger partial charge in [0.05, 0.1) is 5.92 Å². The summed E-state index contributed by atoms with van der Waals surface area (Å²) < 4.78 is 5.30. The lowest BCUT2D eigenvalue weighted by Crippen LogP contribution is -2.35. The zero-order valence-electron chi connectivity index (χ0n) is 12.9. The summed E-state index contributed by atoms with van der Waals surface area (Å²) in [5.74, 6) is -1.96. The number of phenolic OH excluding ortho intramolecular Hbond substituents is 1. The molecule has 1 heterocycles. The van der Waals surface area contributed by atoms with E-state index in [1.807, 2.05) is 0 Å². The van der Waals surface area contributed by atoms with Crippen LogP contribution in [0.15, 0.2) is 24.3 Å². The highest BCUT2D eigenvalue weighted by molar-refractivity contribution is 5.76. The van der Waals surface area contributed by atoms with Gasteiger partial charge in [0.25, 0.3) is 0 Å². The highest BCUT2D eigenvalue weighted by Crippen LogP contribution is 2.34. The van der Waals surface area contributed by atoms with Gasteiger partial charge in [0.2, 0.25) is 0 Å². The number of likely N-dealkylation sites (tertiary alicyclic amines) is 1. The Hall–Kier alpha value is -2.24. The largest absolute Gasteiger partial charge is 0.508 e. The van der Waals surface area contributed by atoms with Gasteiger partial charge in [0.15, 0.2) is 0 Å². The van der Waals surface area contributed by atoms with Crippen molar-refractivity contribution in [1.29, 1.82) is 0 Å². The van der Waals surface area contributed by atoms with Gasteiger partial charge in [0, 0.05) is 19.0 Å². The topological polar surface area (TPSA) is 87.1 Å². The Morgan fingerprint density at radius 1 is 1.27 bits per heavy atom. The van der Waals surface area contributed by atoms with E-state index < -0.39 is 23.6 Å². The molecule has 1 saturated heterocycles. The molecule has 2 atom stereocenters. The molecular weight excluding hydrogens is 286 g/mol. The maximum absolute atomic E-state index is 12.1. The highest BCUT2D eigenvalue weighted by Gasteiger charge is 2.41. The monoisotopic (exact) mass is 307 g/mol. The maximum Gasteiger partial charge on any atom is 0.410 e. The van der Waals surface area contributed by atoms with Crippen LogP contribution < -0.4 is 0 Å². The molecule has 0 aliphatic carbocycles. The van der Waals surface area contributed by atoms with E-state index in [1.54, 1.807) is 39.0 Å². The molecule has 0 unspecified atom stereocenters. The van der Waals surface area contributed by atoms with Gasteiger partial charge in [-0.25, -0.2) is 4.79 Å². The molecule has 1 aromatic rings. The number of rotatable bonds is 2. The Morgan fingerprint density at radius 3 is 2.50 bits per heavy atom. The molecule has 2 N–H and O–H groups in total. The Bertz CT molecular complexity index is 578. The SMILES string of the molecule is CC(C)(C)OC(=O)N1C[C@@H](C(=O)O)[C@H](c2cccc(O)c2)C1. The normalized spacial score (nSPS) is 21.7. The lowest BCUT2D eigenvalue weighted by molar-refractivity contribution is -0.141. The number of amides is 1. The van der Waals surface area contributed by atoms with Crippen LogP contribution in [-0.4, -0.2) is 45.9 Å². The summed E-state index contributed by atoms with van der Waals surface area (Å²) in [6, 6.07) is 6.50. The summed E-state index contributed by atoms with van der Waals surface area (Å²) in [4.78, 5) is 25.0. The summed E-state index contributed by atoms with van der Waals surface area (Å²) in [6.07, 6.45) is -0.513. The third kappa shape index (κ3) is 3.69. The Kier molecular flexibility index (Phi) is 4.30. The van der Waals surface area contributed by atoms with Crippen molar-refractivity contribution in [2.75, 3.05) is 13.1 Å². The molecule has 1 aliphatic rings. The predicted molar refractivity (Wildman–Crippen MR) is 79.8 cm³/mol. The summed E-state index contributed by atoms with van der Waals surface area (Å²) in [5, 5.41) is 19.0. The molecule has 6 heteroatoms. The Balaban J connectivity index is 2.20. The number of phenols is 1. The van der Waals surface area contributed by atoms with Crippen molar-refractivity contribution in [3.05, 3.63) is 29.8 Å². The molecule has 0 bridgehead atoms. The van der Waals surface area contributed by atoms with E-state index in [-0.39, 0.29) is 24.8 Å². The number of aromatic hydroxyl groups is 1. The van der Waals surface area contributed by atoms with Gasteiger partial charge < -0.3 is 19.8 Å². The van der Waals surface area contributed by atoms with Crippen LogP contribution in [0, 0.1) is 5.92 Å². The van der Waals surface area contributed by atoms with Gasteiger partial charge >= 0.3 is 12.1 Å². The van der Waals surface area contributed by atoms with E-state index >= 15 is 0 Å². The second kappa shape index (κ2) is 5.87. The van der Waals surface area contributed by atoms with Crippen molar-refractivity contribution in [1.82, 2.24) is 4.90 Å². The first kappa shape index (κ1) is 16.1.